The third-order valence-electron chi connectivity index (χ3n) is 4.93. The number of aromatic nitrogens is 1. The highest BCUT2D eigenvalue weighted by atomic mass is 32.1. The van der Waals surface area contributed by atoms with Gasteiger partial charge in [0.05, 0.1) is 15.8 Å². The van der Waals surface area contributed by atoms with Crippen LogP contribution in [0.15, 0.2) is 103 Å². The maximum Gasteiger partial charge on any atom is 0.154 e. The summed E-state index contributed by atoms with van der Waals surface area (Å²) in [6.07, 6.45) is 0. The number of phenolic OH excluding ortho intramolecular Hbond substituents is 1. The van der Waals surface area contributed by atoms with Gasteiger partial charge in [-0.15, -0.1) is 11.3 Å². The van der Waals surface area contributed by atoms with Crippen molar-refractivity contribution in [3.63, 3.8) is 0 Å². The molecule has 2 nitrogen and oxygen atoms in total. The number of para-hydroxylation sites is 1. The van der Waals surface area contributed by atoms with Crippen LogP contribution in [0.4, 0.5) is 0 Å². The molecule has 5 aromatic rings. The van der Waals surface area contributed by atoms with E-state index in [2.05, 4.69) is 78.9 Å². The summed E-state index contributed by atoms with van der Waals surface area (Å²) in [4.78, 5) is 4.76. The maximum absolute atomic E-state index is 10.6. The van der Waals surface area contributed by atoms with E-state index in [0.29, 0.717) is 0 Å². The highest BCUT2D eigenvalue weighted by molar-refractivity contribution is 7.21. The summed E-state index contributed by atoms with van der Waals surface area (Å²) < 4.78 is 1.13. The van der Waals surface area contributed by atoms with Crippen LogP contribution in [0.25, 0.3) is 20.8 Å². The minimum Gasteiger partial charge on any atom is -0.507 e. The zero-order chi connectivity index (χ0) is 19.6. The predicted octanol–water partition coefficient (Wildman–Crippen LogP) is 4.19. The number of thiazole rings is 1. The van der Waals surface area contributed by atoms with Gasteiger partial charge < -0.3 is 5.11 Å². The van der Waals surface area contributed by atoms with Gasteiger partial charge in [-0.05, 0) is 29.5 Å². The Kier molecular flexibility index (Phi) is 4.72. The largest absolute Gasteiger partial charge is 0.507 e. The molecule has 0 aliphatic carbocycles. The van der Waals surface area contributed by atoms with Gasteiger partial charge in [0.25, 0.3) is 0 Å². The van der Waals surface area contributed by atoms with Crippen LogP contribution in [0, 0.1) is 0 Å². The first kappa shape index (κ1) is 17.9. The molecule has 1 N–H and O–H groups in total. The van der Waals surface area contributed by atoms with E-state index in [-0.39, 0.29) is 5.75 Å². The second-order valence-electron chi connectivity index (χ2n) is 6.83. The highest BCUT2D eigenvalue weighted by Crippen LogP contribution is 2.34. The number of aromatic hydroxyl groups is 1. The topological polar surface area (TPSA) is 33.1 Å². The van der Waals surface area contributed by atoms with Crippen LogP contribution in [-0.2, 0) is 0 Å². The van der Waals surface area contributed by atoms with Crippen molar-refractivity contribution in [2.45, 2.75) is 0 Å². The quantitative estimate of drug-likeness (QED) is 0.357. The number of fused-ring (bicyclic) bond motifs is 1. The fourth-order valence-electron chi connectivity index (χ4n) is 3.56. The lowest BCUT2D eigenvalue weighted by molar-refractivity contribution is 0.477. The van der Waals surface area contributed by atoms with Gasteiger partial charge in [-0.2, -0.15) is 0 Å². The number of nitrogens with zero attached hydrogens (tertiary/aromatic N) is 1. The van der Waals surface area contributed by atoms with Crippen molar-refractivity contribution in [2.24, 2.45) is 0 Å². The molecule has 0 aliphatic rings. The second kappa shape index (κ2) is 7.66. The standard InChI is InChI=1S/C25H18NOSSi/c27-23-16-15-20(17-21(23)25-26-22-13-7-8-14-24(22)28-25)29(18-9-3-1-4-10-18)19-11-5-2-6-12-19/h1-17,27H. The molecule has 0 atom stereocenters. The maximum atomic E-state index is 10.6. The van der Waals surface area contributed by atoms with E-state index in [9.17, 15) is 5.11 Å². The van der Waals surface area contributed by atoms with Crippen LogP contribution in [0.5, 0.6) is 5.75 Å². The van der Waals surface area contributed by atoms with E-state index < -0.39 is 8.80 Å². The Bertz CT molecular complexity index is 1200. The van der Waals surface area contributed by atoms with Gasteiger partial charge >= 0.3 is 0 Å². The molecule has 0 unspecified atom stereocenters. The van der Waals surface area contributed by atoms with Crippen LogP contribution in [0.2, 0.25) is 0 Å². The van der Waals surface area contributed by atoms with Crippen molar-refractivity contribution >= 4 is 45.9 Å². The third kappa shape index (κ3) is 3.48. The molecular formula is C25H18NOSSi. The minimum atomic E-state index is -1.19. The van der Waals surface area contributed by atoms with Gasteiger partial charge in [-0.3, -0.25) is 0 Å². The summed E-state index contributed by atoms with van der Waals surface area (Å²) in [5.41, 5.74) is 1.77. The second-order valence-corrected chi connectivity index (χ2v) is 10.3. The third-order valence-corrected chi connectivity index (χ3v) is 8.71. The molecule has 4 heteroatoms. The molecule has 4 aromatic carbocycles. The molecule has 29 heavy (non-hydrogen) atoms. The minimum absolute atomic E-state index is 0.273. The van der Waals surface area contributed by atoms with Crippen molar-refractivity contribution < 1.29 is 5.11 Å². The lowest BCUT2D eigenvalue weighted by Gasteiger charge is -2.17. The summed E-state index contributed by atoms with van der Waals surface area (Å²) in [5, 5.41) is 15.4. The Morgan fingerprint density at radius 2 is 1.28 bits per heavy atom. The van der Waals surface area contributed by atoms with Gasteiger partial charge in [0.2, 0.25) is 0 Å². The van der Waals surface area contributed by atoms with Gasteiger partial charge in [0.1, 0.15) is 10.8 Å². The van der Waals surface area contributed by atoms with Crippen molar-refractivity contribution in [3.05, 3.63) is 103 Å². The van der Waals surface area contributed by atoms with E-state index in [1.807, 2.05) is 24.3 Å². The highest BCUT2D eigenvalue weighted by Gasteiger charge is 2.21. The van der Waals surface area contributed by atoms with E-state index in [4.69, 9.17) is 4.98 Å². The van der Waals surface area contributed by atoms with E-state index in [1.165, 1.54) is 15.6 Å². The molecule has 0 amide bonds. The molecule has 0 aliphatic heterocycles. The normalized spacial score (nSPS) is 11.2. The molecule has 0 spiro atoms. The summed E-state index contributed by atoms with van der Waals surface area (Å²) >= 11 is 1.62. The van der Waals surface area contributed by atoms with Gasteiger partial charge in [-0.25, -0.2) is 4.98 Å². The van der Waals surface area contributed by atoms with Crippen LogP contribution in [0.1, 0.15) is 0 Å². The number of benzene rings is 4. The zero-order valence-electron chi connectivity index (χ0n) is 15.6. The Morgan fingerprint density at radius 3 is 1.93 bits per heavy atom. The summed E-state index contributed by atoms with van der Waals surface area (Å²) in [6.45, 7) is 0. The molecule has 1 radical (unpaired) electrons. The molecule has 139 valence electrons. The van der Waals surface area contributed by atoms with Crippen LogP contribution in [-0.4, -0.2) is 18.9 Å². The summed E-state index contributed by atoms with van der Waals surface area (Å²) in [7, 11) is -1.19. The monoisotopic (exact) mass is 408 g/mol. The molecule has 5 rings (SSSR count). The summed E-state index contributed by atoms with van der Waals surface area (Å²) in [6, 6.07) is 35.4. The molecule has 0 fully saturated rings. The molecular weight excluding hydrogens is 390 g/mol. The van der Waals surface area contributed by atoms with Gasteiger partial charge in [0.15, 0.2) is 8.80 Å². The first-order chi connectivity index (χ1) is 14.3. The van der Waals surface area contributed by atoms with Gasteiger partial charge in [-0.1, -0.05) is 89.2 Å². The van der Waals surface area contributed by atoms with Crippen molar-refractivity contribution in [1.29, 1.82) is 0 Å². The van der Waals surface area contributed by atoms with Crippen molar-refractivity contribution in [1.82, 2.24) is 4.98 Å². The Hall–Kier alpha value is -3.21. The number of rotatable bonds is 4. The Morgan fingerprint density at radius 1 is 0.655 bits per heavy atom. The van der Waals surface area contributed by atoms with Crippen molar-refractivity contribution in [3.8, 4) is 16.3 Å². The first-order valence-corrected chi connectivity index (χ1v) is 11.8. The fraction of sp³-hybridized carbons (Fsp3) is 0. The average molecular weight is 409 g/mol. The molecule has 0 saturated heterocycles. The van der Waals surface area contributed by atoms with E-state index >= 15 is 0 Å². The molecule has 0 bridgehead atoms. The predicted molar refractivity (Wildman–Crippen MR) is 124 cm³/mol. The Balaban J connectivity index is 1.67. The van der Waals surface area contributed by atoms with E-state index in [0.717, 1.165) is 20.8 Å². The van der Waals surface area contributed by atoms with E-state index in [1.54, 1.807) is 11.3 Å². The SMILES string of the molecule is Oc1ccc([Si](c2ccccc2)c2ccccc2)cc1-c1nc2ccccc2s1. The number of phenols is 1. The Labute approximate surface area is 175 Å². The fourth-order valence-corrected chi connectivity index (χ4v) is 7.14. The molecule has 0 saturated carbocycles. The van der Waals surface area contributed by atoms with Crippen LogP contribution >= 0.6 is 11.3 Å². The van der Waals surface area contributed by atoms with Crippen molar-refractivity contribution in [2.75, 3.05) is 0 Å². The lowest BCUT2D eigenvalue weighted by atomic mass is 10.2. The van der Waals surface area contributed by atoms with Crippen LogP contribution < -0.4 is 15.6 Å². The first-order valence-electron chi connectivity index (χ1n) is 9.47. The smallest absolute Gasteiger partial charge is 0.154 e. The number of hydrogen-bond donors (Lipinski definition) is 1. The molecule has 1 heterocycles. The lowest BCUT2D eigenvalue weighted by Crippen LogP contribution is -2.51. The summed E-state index contributed by atoms with van der Waals surface area (Å²) in [5.74, 6) is 0.273. The average Bonchev–Trinajstić information content (AvgIpc) is 3.21. The molecule has 1 aromatic heterocycles. The van der Waals surface area contributed by atoms with Crippen LogP contribution in [0.3, 0.4) is 0 Å². The number of hydrogen-bond acceptors (Lipinski definition) is 3. The zero-order valence-corrected chi connectivity index (χ0v) is 17.4. The van der Waals surface area contributed by atoms with Gasteiger partial charge in [0, 0.05) is 0 Å².